The standard InChI is InChI=1S/C14H16N2/c15-9-3-5-12-4-1-2-6-14(12)13-7-10-16-11-8-13/h1-2,4,6-8,10-11H,3,5,9,15H2. The minimum Gasteiger partial charge on any atom is -0.330 e. The van der Waals surface area contributed by atoms with E-state index in [-0.39, 0.29) is 0 Å². The van der Waals surface area contributed by atoms with Crippen LogP contribution in [-0.2, 0) is 6.42 Å². The topological polar surface area (TPSA) is 38.9 Å². The van der Waals surface area contributed by atoms with Crippen molar-refractivity contribution in [3.05, 3.63) is 54.4 Å². The summed E-state index contributed by atoms with van der Waals surface area (Å²) in [6, 6.07) is 12.6. The van der Waals surface area contributed by atoms with E-state index < -0.39 is 0 Å². The SMILES string of the molecule is NCCCc1ccccc1-c1ccncc1. The highest BCUT2D eigenvalue weighted by Crippen LogP contribution is 2.23. The molecule has 0 amide bonds. The highest BCUT2D eigenvalue weighted by atomic mass is 14.6. The molecule has 0 unspecified atom stereocenters. The van der Waals surface area contributed by atoms with E-state index >= 15 is 0 Å². The molecule has 1 heterocycles. The minimum absolute atomic E-state index is 0.741. The fourth-order valence-corrected chi connectivity index (χ4v) is 1.84. The highest BCUT2D eigenvalue weighted by Gasteiger charge is 2.03. The third-order valence-electron chi connectivity index (χ3n) is 2.66. The van der Waals surface area contributed by atoms with E-state index in [2.05, 4.69) is 29.2 Å². The summed E-state index contributed by atoms with van der Waals surface area (Å²) in [5.74, 6) is 0. The molecule has 0 saturated heterocycles. The maximum absolute atomic E-state index is 5.56. The van der Waals surface area contributed by atoms with Crippen molar-refractivity contribution in [2.75, 3.05) is 6.54 Å². The van der Waals surface area contributed by atoms with Crippen LogP contribution < -0.4 is 5.73 Å². The number of hydrogen-bond acceptors (Lipinski definition) is 2. The first-order valence-electron chi connectivity index (χ1n) is 5.60. The molecule has 2 aromatic rings. The predicted molar refractivity (Wildman–Crippen MR) is 67.0 cm³/mol. The second-order valence-corrected chi connectivity index (χ2v) is 3.79. The quantitative estimate of drug-likeness (QED) is 0.846. The van der Waals surface area contributed by atoms with Gasteiger partial charge in [0.1, 0.15) is 0 Å². The fraction of sp³-hybridized carbons (Fsp3) is 0.214. The van der Waals surface area contributed by atoms with Crippen LogP contribution in [0.4, 0.5) is 0 Å². The minimum atomic E-state index is 0.741. The zero-order chi connectivity index (χ0) is 11.2. The van der Waals surface area contributed by atoms with Gasteiger partial charge in [0.2, 0.25) is 0 Å². The molecule has 0 bridgehead atoms. The molecule has 2 heteroatoms. The van der Waals surface area contributed by atoms with Crippen LogP contribution in [0, 0.1) is 0 Å². The first-order valence-corrected chi connectivity index (χ1v) is 5.60. The largest absolute Gasteiger partial charge is 0.330 e. The maximum atomic E-state index is 5.56. The molecule has 2 nitrogen and oxygen atoms in total. The monoisotopic (exact) mass is 212 g/mol. The molecule has 16 heavy (non-hydrogen) atoms. The molecular formula is C14H16N2. The van der Waals surface area contributed by atoms with Crippen molar-refractivity contribution in [3.63, 3.8) is 0 Å². The van der Waals surface area contributed by atoms with Crippen molar-refractivity contribution in [3.8, 4) is 11.1 Å². The van der Waals surface area contributed by atoms with Gasteiger partial charge in [-0.05, 0) is 48.2 Å². The summed E-state index contributed by atoms with van der Waals surface area (Å²) in [7, 11) is 0. The van der Waals surface area contributed by atoms with E-state index in [0.29, 0.717) is 0 Å². The average molecular weight is 212 g/mol. The zero-order valence-corrected chi connectivity index (χ0v) is 9.26. The molecule has 0 aliphatic rings. The molecule has 2 rings (SSSR count). The second-order valence-electron chi connectivity index (χ2n) is 3.79. The summed E-state index contributed by atoms with van der Waals surface area (Å²) < 4.78 is 0. The highest BCUT2D eigenvalue weighted by molar-refractivity contribution is 5.66. The second kappa shape index (κ2) is 5.42. The third-order valence-corrected chi connectivity index (χ3v) is 2.66. The van der Waals surface area contributed by atoms with E-state index in [0.717, 1.165) is 19.4 Å². The smallest absolute Gasteiger partial charge is 0.0273 e. The van der Waals surface area contributed by atoms with Gasteiger partial charge in [0.25, 0.3) is 0 Å². The lowest BCUT2D eigenvalue weighted by Crippen LogP contribution is -2.01. The Kier molecular flexibility index (Phi) is 3.67. The van der Waals surface area contributed by atoms with Crippen molar-refractivity contribution in [1.82, 2.24) is 4.98 Å². The van der Waals surface area contributed by atoms with Gasteiger partial charge in [-0.1, -0.05) is 24.3 Å². The Bertz CT molecular complexity index is 437. The zero-order valence-electron chi connectivity index (χ0n) is 9.26. The summed E-state index contributed by atoms with van der Waals surface area (Å²) in [5, 5.41) is 0. The van der Waals surface area contributed by atoms with Crippen LogP contribution in [0.15, 0.2) is 48.8 Å². The van der Waals surface area contributed by atoms with Crippen LogP contribution >= 0.6 is 0 Å². The van der Waals surface area contributed by atoms with Crippen molar-refractivity contribution in [2.45, 2.75) is 12.8 Å². The van der Waals surface area contributed by atoms with Crippen LogP contribution in [0.2, 0.25) is 0 Å². The van der Waals surface area contributed by atoms with E-state index in [1.807, 2.05) is 24.5 Å². The summed E-state index contributed by atoms with van der Waals surface area (Å²) >= 11 is 0. The Labute approximate surface area is 96.1 Å². The van der Waals surface area contributed by atoms with Gasteiger partial charge >= 0.3 is 0 Å². The van der Waals surface area contributed by atoms with Crippen LogP contribution in [0.3, 0.4) is 0 Å². The lowest BCUT2D eigenvalue weighted by atomic mass is 9.97. The Morgan fingerprint density at radius 2 is 1.75 bits per heavy atom. The third kappa shape index (κ3) is 2.47. The van der Waals surface area contributed by atoms with Crippen LogP contribution in [-0.4, -0.2) is 11.5 Å². The number of rotatable bonds is 4. The first-order chi connectivity index (χ1) is 7.92. The molecule has 0 atom stereocenters. The molecule has 0 radical (unpaired) electrons. The lowest BCUT2D eigenvalue weighted by molar-refractivity contribution is 0.834. The summed E-state index contributed by atoms with van der Waals surface area (Å²) in [6.07, 6.45) is 5.72. The molecule has 2 N–H and O–H groups in total. The van der Waals surface area contributed by atoms with E-state index in [4.69, 9.17) is 5.73 Å². The molecule has 82 valence electrons. The van der Waals surface area contributed by atoms with Gasteiger partial charge in [-0.15, -0.1) is 0 Å². The van der Waals surface area contributed by atoms with Gasteiger partial charge < -0.3 is 5.73 Å². The van der Waals surface area contributed by atoms with Crippen molar-refractivity contribution in [2.24, 2.45) is 5.73 Å². The normalized spacial score (nSPS) is 10.3. The fourth-order valence-electron chi connectivity index (χ4n) is 1.84. The first kappa shape index (κ1) is 10.8. The number of nitrogens with two attached hydrogens (primary N) is 1. The molecule has 1 aromatic heterocycles. The van der Waals surface area contributed by atoms with Gasteiger partial charge in [0.05, 0.1) is 0 Å². The van der Waals surface area contributed by atoms with Crippen LogP contribution in [0.5, 0.6) is 0 Å². The van der Waals surface area contributed by atoms with Crippen molar-refractivity contribution >= 4 is 0 Å². The number of aryl methyl sites for hydroxylation is 1. The number of pyridine rings is 1. The van der Waals surface area contributed by atoms with Gasteiger partial charge in [-0.25, -0.2) is 0 Å². The number of nitrogens with zero attached hydrogens (tertiary/aromatic N) is 1. The molecule has 0 spiro atoms. The van der Waals surface area contributed by atoms with Crippen molar-refractivity contribution in [1.29, 1.82) is 0 Å². The van der Waals surface area contributed by atoms with Crippen LogP contribution in [0.25, 0.3) is 11.1 Å². The van der Waals surface area contributed by atoms with Gasteiger partial charge in [0, 0.05) is 12.4 Å². The number of aromatic nitrogens is 1. The van der Waals surface area contributed by atoms with Gasteiger partial charge in [-0.3, -0.25) is 4.98 Å². The Morgan fingerprint density at radius 3 is 2.50 bits per heavy atom. The van der Waals surface area contributed by atoms with E-state index in [1.165, 1.54) is 16.7 Å². The molecule has 0 aliphatic heterocycles. The summed E-state index contributed by atoms with van der Waals surface area (Å²) in [4.78, 5) is 4.04. The number of hydrogen-bond donors (Lipinski definition) is 1. The average Bonchev–Trinajstić information content (AvgIpc) is 2.38. The Morgan fingerprint density at radius 1 is 1.00 bits per heavy atom. The Balaban J connectivity index is 2.33. The van der Waals surface area contributed by atoms with E-state index in [9.17, 15) is 0 Å². The molecule has 0 saturated carbocycles. The van der Waals surface area contributed by atoms with Crippen LogP contribution in [0.1, 0.15) is 12.0 Å². The maximum Gasteiger partial charge on any atom is 0.0273 e. The lowest BCUT2D eigenvalue weighted by Gasteiger charge is -2.08. The molecule has 0 fully saturated rings. The predicted octanol–water partition coefficient (Wildman–Crippen LogP) is 2.64. The van der Waals surface area contributed by atoms with E-state index in [1.54, 1.807) is 0 Å². The summed E-state index contributed by atoms with van der Waals surface area (Å²) in [6.45, 7) is 0.741. The summed E-state index contributed by atoms with van der Waals surface area (Å²) in [5.41, 5.74) is 9.43. The molecule has 0 aliphatic carbocycles. The van der Waals surface area contributed by atoms with Gasteiger partial charge in [-0.2, -0.15) is 0 Å². The number of benzene rings is 1. The molecule has 1 aromatic carbocycles. The van der Waals surface area contributed by atoms with Crippen molar-refractivity contribution < 1.29 is 0 Å². The van der Waals surface area contributed by atoms with Gasteiger partial charge in [0.15, 0.2) is 0 Å². The molecular weight excluding hydrogens is 196 g/mol. The Hall–Kier alpha value is -1.67.